The van der Waals surface area contributed by atoms with Crippen molar-refractivity contribution in [3.63, 3.8) is 0 Å². The van der Waals surface area contributed by atoms with Crippen molar-refractivity contribution in [2.24, 2.45) is 0 Å². The molecule has 0 aliphatic carbocycles. The molecule has 1 atom stereocenters. The Morgan fingerprint density at radius 3 is 2.67 bits per heavy atom. The first kappa shape index (κ1) is 18.9. The van der Waals surface area contributed by atoms with Crippen LogP contribution in [0.2, 0.25) is 0 Å². The maximum atomic E-state index is 11.9. The lowest BCUT2D eigenvalue weighted by Gasteiger charge is -2.28. The number of alkyl carbamates (subject to hydrolysis) is 1. The molecule has 5 heteroatoms. The quantitative estimate of drug-likeness (QED) is 0.878. The fourth-order valence-electron chi connectivity index (χ4n) is 3.23. The second kappa shape index (κ2) is 7.81. The lowest BCUT2D eigenvalue weighted by atomic mass is 9.89. The number of ether oxygens (including phenoxy) is 2. The van der Waals surface area contributed by atoms with E-state index in [9.17, 15) is 4.79 Å². The average Bonchev–Trinajstić information content (AvgIpc) is 2.64. The lowest BCUT2D eigenvalue weighted by molar-refractivity contribution is 0.0290. The molecule has 0 bridgehead atoms. The first-order chi connectivity index (χ1) is 12.9. The van der Waals surface area contributed by atoms with Crippen molar-refractivity contribution in [3.05, 3.63) is 59.2 Å². The van der Waals surface area contributed by atoms with Crippen LogP contribution in [0.1, 0.15) is 43.6 Å². The number of nitriles is 1. The van der Waals surface area contributed by atoms with Crippen LogP contribution in [-0.4, -0.2) is 24.8 Å². The van der Waals surface area contributed by atoms with Crippen molar-refractivity contribution in [3.8, 4) is 17.2 Å². The summed E-state index contributed by atoms with van der Waals surface area (Å²) in [6.45, 7) is 6.47. The van der Waals surface area contributed by atoms with Crippen LogP contribution >= 0.6 is 0 Å². The number of amides is 1. The summed E-state index contributed by atoms with van der Waals surface area (Å²) in [6.07, 6.45) is 0.162. The van der Waals surface area contributed by atoms with Gasteiger partial charge in [0.05, 0.1) is 24.8 Å². The molecule has 1 N–H and O–H groups in total. The second-order valence-corrected chi connectivity index (χ2v) is 7.55. The van der Waals surface area contributed by atoms with Gasteiger partial charge in [0.15, 0.2) is 0 Å². The highest BCUT2D eigenvalue weighted by Gasteiger charge is 2.25. The highest BCUT2D eigenvalue weighted by Crippen LogP contribution is 2.34. The van der Waals surface area contributed by atoms with E-state index in [1.807, 2.05) is 57.2 Å². The van der Waals surface area contributed by atoms with Crippen molar-refractivity contribution in [1.29, 1.82) is 5.26 Å². The molecule has 1 heterocycles. The van der Waals surface area contributed by atoms with Gasteiger partial charge < -0.3 is 14.8 Å². The number of carbonyl (C=O) groups excluding carboxylic acids is 1. The van der Waals surface area contributed by atoms with E-state index in [2.05, 4.69) is 17.5 Å². The fraction of sp³-hybridized carbons (Fsp3) is 0.364. The molecule has 0 fully saturated rings. The normalized spacial score (nSPS) is 16.1. The minimum atomic E-state index is -0.530. The molecular formula is C22H24N2O3. The smallest absolute Gasteiger partial charge is 0.407 e. The Labute approximate surface area is 159 Å². The average molecular weight is 364 g/mol. The van der Waals surface area contributed by atoms with Gasteiger partial charge in [0.1, 0.15) is 11.7 Å². The highest BCUT2D eigenvalue weighted by molar-refractivity contribution is 5.70. The Morgan fingerprint density at radius 2 is 2.00 bits per heavy atom. The van der Waals surface area contributed by atoms with Crippen molar-refractivity contribution < 1.29 is 14.3 Å². The zero-order valence-corrected chi connectivity index (χ0v) is 15.9. The molecule has 27 heavy (non-hydrogen) atoms. The molecule has 3 rings (SSSR count). The summed E-state index contributed by atoms with van der Waals surface area (Å²) in [4.78, 5) is 11.9. The molecule has 0 saturated carbocycles. The van der Waals surface area contributed by atoms with Gasteiger partial charge >= 0.3 is 6.09 Å². The fourth-order valence-corrected chi connectivity index (χ4v) is 3.23. The summed E-state index contributed by atoms with van der Waals surface area (Å²) in [7, 11) is 0. The van der Waals surface area contributed by atoms with E-state index in [4.69, 9.17) is 14.7 Å². The third-order valence-corrected chi connectivity index (χ3v) is 4.39. The van der Waals surface area contributed by atoms with Crippen molar-refractivity contribution in [1.82, 2.24) is 5.32 Å². The number of nitrogens with one attached hydrogen (secondary N) is 1. The van der Waals surface area contributed by atoms with E-state index in [-0.39, 0.29) is 6.10 Å². The van der Waals surface area contributed by atoms with Gasteiger partial charge in [-0.3, -0.25) is 0 Å². The molecule has 1 amide bonds. The molecule has 1 unspecified atom stereocenters. The molecule has 0 spiro atoms. The van der Waals surface area contributed by atoms with Gasteiger partial charge in [0.25, 0.3) is 0 Å². The zero-order chi connectivity index (χ0) is 19.4. The largest absolute Gasteiger partial charge is 0.444 e. The predicted octanol–water partition coefficient (Wildman–Crippen LogP) is 4.36. The molecule has 5 nitrogen and oxygen atoms in total. The lowest BCUT2D eigenvalue weighted by Crippen LogP contribution is -2.36. The van der Waals surface area contributed by atoms with Crippen molar-refractivity contribution in [2.45, 2.75) is 38.9 Å². The minimum absolute atomic E-state index is 0.209. The molecule has 140 valence electrons. The standard InChI is InChI=1S/C22H24N2O3/c1-22(2,3)27-21(25)24-14-20-19-6-4-5-17(18(19)11-12-26-20)16-9-7-15(13-23)8-10-16/h4-10,20H,11-12,14H2,1-3H3,(H,24,25). The van der Waals surface area contributed by atoms with Crippen LogP contribution in [0.4, 0.5) is 4.79 Å². The predicted molar refractivity (Wildman–Crippen MR) is 103 cm³/mol. The summed E-state index contributed by atoms with van der Waals surface area (Å²) >= 11 is 0. The monoisotopic (exact) mass is 364 g/mol. The molecular weight excluding hydrogens is 340 g/mol. The Bertz CT molecular complexity index is 861. The molecule has 0 saturated heterocycles. The number of hydrogen-bond donors (Lipinski definition) is 1. The Morgan fingerprint density at radius 1 is 1.26 bits per heavy atom. The van der Waals surface area contributed by atoms with Crippen molar-refractivity contribution in [2.75, 3.05) is 13.2 Å². The van der Waals surface area contributed by atoms with E-state index < -0.39 is 11.7 Å². The molecule has 0 aromatic heterocycles. The number of nitrogens with zero attached hydrogens (tertiary/aromatic N) is 1. The maximum Gasteiger partial charge on any atom is 0.407 e. The second-order valence-electron chi connectivity index (χ2n) is 7.55. The van der Waals surface area contributed by atoms with Gasteiger partial charge in [-0.2, -0.15) is 5.26 Å². The van der Waals surface area contributed by atoms with Crippen molar-refractivity contribution >= 4 is 6.09 Å². The van der Waals surface area contributed by atoms with Gasteiger partial charge in [-0.15, -0.1) is 0 Å². The molecule has 1 aliphatic heterocycles. The van der Waals surface area contributed by atoms with Gasteiger partial charge in [-0.05, 0) is 61.6 Å². The number of carbonyl (C=O) groups is 1. The Balaban J connectivity index is 1.80. The number of rotatable bonds is 3. The summed E-state index contributed by atoms with van der Waals surface area (Å²) < 4.78 is 11.2. The summed E-state index contributed by atoms with van der Waals surface area (Å²) in [5.41, 5.74) is 4.64. The number of hydrogen-bond acceptors (Lipinski definition) is 4. The van der Waals surface area contributed by atoms with Gasteiger partial charge in [0, 0.05) is 0 Å². The summed E-state index contributed by atoms with van der Waals surface area (Å²) in [5, 5.41) is 11.8. The van der Waals surface area contributed by atoms with Gasteiger partial charge in [0.2, 0.25) is 0 Å². The molecule has 0 radical (unpaired) electrons. The van der Waals surface area contributed by atoms with E-state index in [1.54, 1.807) is 0 Å². The zero-order valence-electron chi connectivity index (χ0n) is 15.9. The van der Waals surface area contributed by atoms with Crippen LogP contribution in [0, 0.1) is 11.3 Å². The summed E-state index contributed by atoms with van der Waals surface area (Å²) in [5.74, 6) is 0. The Hall–Kier alpha value is -2.84. The van der Waals surface area contributed by atoms with E-state index >= 15 is 0 Å². The Kier molecular flexibility index (Phi) is 5.48. The van der Waals surface area contributed by atoms with Crippen LogP contribution in [-0.2, 0) is 15.9 Å². The van der Waals surface area contributed by atoms with Gasteiger partial charge in [-0.25, -0.2) is 4.79 Å². The highest BCUT2D eigenvalue weighted by atomic mass is 16.6. The first-order valence-corrected chi connectivity index (χ1v) is 9.08. The van der Waals surface area contributed by atoms with Crippen LogP contribution in [0.3, 0.4) is 0 Å². The molecule has 2 aromatic rings. The minimum Gasteiger partial charge on any atom is -0.444 e. The summed E-state index contributed by atoms with van der Waals surface area (Å²) in [6, 6.07) is 15.9. The van der Waals surface area contributed by atoms with Crippen LogP contribution in [0.5, 0.6) is 0 Å². The topological polar surface area (TPSA) is 71.3 Å². The molecule has 1 aliphatic rings. The molecule has 2 aromatic carbocycles. The van der Waals surface area contributed by atoms with Crippen LogP contribution < -0.4 is 5.32 Å². The SMILES string of the molecule is CC(C)(C)OC(=O)NCC1OCCc2c(-c3ccc(C#N)cc3)cccc21. The van der Waals surface area contributed by atoms with Gasteiger partial charge in [-0.1, -0.05) is 30.3 Å². The van der Waals surface area contributed by atoms with Crippen LogP contribution in [0.15, 0.2) is 42.5 Å². The third-order valence-electron chi connectivity index (χ3n) is 4.39. The number of benzene rings is 2. The third kappa shape index (κ3) is 4.66. The maximum absolute atomic E-state index is 11.9. The van der Waals surface area contributed by atoms with Crippen LogP contribution in [0.25, 0.3) is 11.1 Å². The number of fused-ring (bicyclic) bond motifs is 1. The van der Waals surface area contributed by atoms with E-state index in [0.717, 1.165) is 23.1 Å². The van der Waals surface area contributed by atoms with E-state index in [1.165, 1.54) is 5.56 Å². The first-order valence-electron chi connectivity index (χ1n) is 9.08. The van der Waals surface area contributed by atoms with E-state index in [0.29, 0.717) is 18.7 Å².